The maximum atomic E-state index is 12.6. The standard InChI is InChI=1S/C24H34BNO4/c1-9-11-17(16-25-29-23(5,6)24(7,8)30-25)18-12-10-13-20-19(18)14-15-26(20)21(27)28-22(2,3)4/h9-10,12-15,17H,1,11,16H2,2-8H3/t17-/m1/s1. The lowest BCUT2D eigenvalue weighted by molar-refractivity contribution is 0.00578. The minimum Gasteiger partial charge on any atom is -0.443 e. The molecule has 1 saturated heterocycles. The second-order valence-electron chi connectivity index (χ2n) is 10.1. The van der Waals surface area contributed by atoms with Crippen LogP contribution in [-0.4, -0.2) is 34.6 Å². The zero-order valence-corrected chi connectivity index (χ0v) is 19.3. The highest BCUT2D eigenvalue weighted by molar-refractivity contribution is 6.45. The Kier molecular flexibility index (Phi) is 5.96. The fourth-order valence-corrected chi connectivity index (χ4v) is 3.86. The lowest BCUT2D eigenvalue weighted by atomic mass is 9.73. The van der Waals surface area contributed by atoms with E-state index >= 15 is 0 Å². The summed E-state index contributed by atoms with van der Waals surface area (Å²) in [6, 6.07) is 8.03. The summed E-state index contributed by atoms with van der Waals surface area (Å²) in [5, 5.41) is 1.03. The normalized spacial score (nSPS) is 19.1. The molecule has 5 nitrogen and oxygen atoms in total. The van der Waals surface area contributed by atoms with Gasteiger partial charge in [0.2, 0.25) is 0 Å². The van der Waals surface area contributed by atoms with E-state index in [2.05, 4.69) is 40.3 Å². The highest BCUT2D eigenvalue weighted by atomic mass is 16.7. The summed E-state index contributed by atoms with van der Waals surface area (Å²) in [7, 11) is -0.289. The number of allylic oxidation sites excluding steroid dienone is 1. The molecule has 3 rings (SSSR count). The summed E-state index contributed by atoms with van der Waals surface area (Å²) in [5.74, 6) is 0.162. The zero-order chi connectivity index (χ0) is 22.3. The molecule has 162 valence electrons. The quantitative estimate of drug-likeness (QED) is 0.436. The van der Waals surface area contributed by atoms with Crippen molar-refractivity contribution >= 4 is 24.1 Å². The van der Waals surface area contributed by atoms with Gasteiger partial charge in [0, 0.05) is 11.6 Å². The molecule has 2 heterocycles. The van der Waals surface area contributed by atoms with Crippen molar-refractivity contribution < 1.29 is 18.8 Å². The molecule has 1 aliphatic rings. The van der Waals surface area contributed by atoms with Gasteiger partial charge >= 0.3 is 13.2 Å². The van der Waals surface area contributed by atoms with Crippen molar-refractivity contribution in [3.63, 3.8) is 0 Å². The first-order valence-electron chi connectivity index (χ1n) is 10.6. The molecule has 0 radical (unpaired) electrons. The van der Waals surface area contributed by atoms with Gasteiger partial charge in [0.05, 0.1) is 16.7 Å². The molecule has 6 heteroatoms. The van der Waals surface area contributed by atoms with Gasteiger partial charge in [0.1, 0.15) is 5.60 Å². The Balaban J connectivity index is 1.91. The number of carbonyl (C=O) groups excluding carboxylic acids is 1. The van der Waals surface area contributed by atoms with E-state index in [1.165, 1.54) is 0 Å². The van der Waals surface area contributed by atoms with Crippen LogP contribution in [0.25, 0.3) is 10.9 Å². The number of hydrogen-bond donors (Lipinski definition) is 0. The molecular formula is C24H34BNO4. The van der Waals surface area contributed by atoms with Crippen LogP contribution in [0.4, 0.5) is 4.79 Å². The van der Waals surface area contributed by atoms with Crippen LogP contribution < -0.4 is 0 Å². The number of benzene rings is 1. The Bertz CT molecular complexity index is 922. The van der Waals surface area contributed by atoms with Crippen molar-refractivity contribution in [2.45, 2.75) is 83.9 Å². The molecule has 30 heavy (non-hydrogen) atoms. The van der Waals surface area contributed by atoms with E-state index in [0.29, 0.717) is 0 Å². The number of rotatable bonds is 5. The molecule has 0 unspecified atom stereocenters. The average Bonchev–Trinajstić information content (AvgIpc) is 3.11. The zero-order valence-electron chi connectivity index (χ0n) is 19.3. The first kappa shape index (κ1) is 22.6. The van der Waals surface area contributed by atoms with E-state index in [-0.39, 0.29) is 30.3 Å². The van der Waals surface area contributed by atoms with E-state index in [1.807, 2.05) is 45.0 Å². The Morgan fingerprint density at radius 1 is 1.20 bits per heavy atom. The molecular weight excluding hydrogens is 377 g/mol. The molecule has 1 aromatic carbocycles. The Morgan fingerprint density at radius 3 is 2.40 bits per heavy atom. The minimum absolute atomic E-state index is 0.162. The van der Waals surface area contributed by atoms with Crippen molar-refractivity contribution in [3.05, 3.63) is 48.7 Å². The van der Waals surface area contributed by atoms with Gasteiger partial charge in [0.15, 0.2) is 0 Å². The highest BCUT2D eigenvalue weighted by Gasteiger charge is 2.51. The largest absolute Gasteiger partial charge is 0.458 e. The van der Waals surface area contributed by atoms with E-state index in [4.69, 9.17) is 14.0 Å². The predicted octanol–water partition coefficient (Wildman–Crippen LogP) is 6.18. The summed E-state index contributed by atoms with van der Waals surface area (Å²) >= 11 is 0. The SMILES string of the molecule is C=CC[C@H](CB1OC(C)(C)C(C)(C)O1)c1cccc2c1ccn2C(=O)OC(C)(C)C. The molecule has 1 fully saturated rings. The fraction of sp³-hybridized carbons (Fsp3) is 0.542. The van der Waals surface area contributed by atoms with Crippen LogP contribution in [0, 0.1) is 0 Å². The van der Waals surface area contributed by atoms with E-state index in [1.54, 1.807) is 10.8 Å². The third-order valence-corrected chi connectivity index (χ3v) is 6.03. The summed E-state index contributed by atoms with van der Waals surface area (Å²) in [5.41, 5.74) is 0.729. The molecule has 0 saturated carbocycles. The second-order valence-corrected chi connectivity index (χ2v) is 10.1. The van der Waals surface area contributed by atoms with Gasteiger partial charge in [0.25, 0.3) is 0 Å². The number of ether oxygens (including phenoxy) is 1. The van der Waals surface area contributed by atoms with Crippen LogP contribution >= 0.6 is 0 Å². The second kappa shape index (κ2) is 7.90. The van der Waals surface area contributed by atoms with Crippen molar-refractivity contribution in [3.8, 4) is 0 Å². The van der Waals surface area contributed by atoms with Crippen molar-refractivity contribution in [2.75, 3.05) is 0 Å². The minimum atomic E-state index is -0.548. The lowest BCUT2D eigenvalue weighted by Crippen LogP contribution is -2.41. The number of nitrogens with zero attached hydrogens (tertiary/aromatic N) is 1. The van der Waals surface area contributed by atoms with Crippen LogP contribution in [0.5, 0.6) is 0 Å². The molecule has 0 aliphatic carbocycles. The molecule has 0 amide bonds. The van der Waals surface area contributed by atoms with Gasteiger partial charge in [-0.1, -0.05) is 18.2 Å². The van der Waals surface area contributed by atoms with E-state index in [0.717, 1.165) is 29.2 Å². The van der Waals surface area contributed by atoms with Crippen LogP contribution in [0.2, 0.25) is 6.32 Å². The summed E-state index contributed by atoms with van der Waals surface area (Å²) in [6.45, 7) is 17.8. The van der Waals surface area contributed by atoms with Crippen LogP contribution in [0.3, 0.4) is 0 Å². The van der Waals surface area contributed by atoms with Crippen molar-refractivity contribution in [1.82, 2.24) is 4.57 Å². The molecule has 0 spiro atoms. The first-order valence-corrected chi connectivity index (χ1v) is 10.6. The summed E-state index contributed by atoms with van der Waals surface area (Å²) < 4.78 is 19.6. The molecule has 2 aromatic rings. The van der Waals surface area contributed by atoms with Gasteiger partial charge in [-0.25, -0.2) is 4.79 Å². The lowest BCUT2D eigenvalue weighted by Gasteiger charge is -2.32. The molecule has 0 bridgehead atoms. The van der Waals surface area contributed by atoms with E-state index in [9.17, 15) is 4.79 Å². The van der Waals surface area contributed by atoms with E-state index < -0.39 is 5.60 Å². The third-order valence-electron chi connectivity index (χ3n) is 6.03. The van der Waals surface area contributed by atoms with Crippen molar-refractivity contribution in [1.29, 1.82) is 0 Å². The van der Waals surface area contributed by atoms with Crippen LogP contribution in [0.1, 0.15) is 66.4 Å². The summed E-state index contributed by atoms with van der Waals surface area (Å²) in [6.07, 6.45) is 4.85. The topological polar surface area (TPSA) is 49.7 Å². The molecule has 1 aliphatic heterocycles. The fourth-order valence-electron chi connectivity index (χ4n) is 3.86. The maximum absolute atomic E-state index is 12.6. The average molecular weight is 411 g/mol. The molecule has 0 N–H and O–H groups in total. The number of carbonyl (C=O) groups is 1. The Labute approximate surface area is 180 Å². The van der Waals surface area contributed by atoms with Gasteiger partial charge in [-0.15, -0.1) is 6.58 Å². The van der Waals surface area contributed by atoms with Gasteiger partial charge in [-0.05, 0) is 84.8 Å². The number of fused-ring (bicyclic) bond motifs is 1. The van der Waals surface area contributed by atoms with Crippen LogP contribution in [0.15, 0.2) is 43.1 Å². The molecule has 1 atom stereocenters. The smallest absolute Gasteiger partial charge is 0.443 e. The van der Waals surface area contributed by atoms with Crippen molar-refractivity contribution in [2.24, 2.45) is 0 Å². The van der Waals surface area contributed by atoms with Crippen LogP contribution in [-0.2, 0) is 14.0 Å². The van der Waals surface area contributed by atoms with Gasteiger partial charge in [-0.3, -0.25) is 4.57 Å². The monoisotopic (exact) mass is 411 g/mol. The Hall–Kier alpha value is -2.05. The predicted molar refractivity (Wildman–Crippen MR) is 122 cm³/mol. The maximum Gasteiger partial charge on any atom is 0.458 e. The molecule has 1 aromatic heterocycles. The number of aromatic nitrogens is 1. The highest BCUT2D eigenvalue weighted by Crippen LogP contribution is 2.41. The number of hydrogen-bond acceptors (Lipinski definition) is 4. The van der Waals surface area contributed by atoms with Gasteiger partial charge < -0.3 is 14.0 Å². The van der Waals surface area contributed by atoms with Gasteiger partial charge in [-0.2, -0.15) is 0 Å². The summed E-state index contributed by atoms with van der Waals surface area (Å²) in [4.78, 5) is 12.6. The third kappa shape index (κ3) is 4.50. The Morgan fingerprint density at radius 2 is 1.83 bits per heavy atom. The first-order chi connectivity index (χ1) is 13.8.